The third kappa shape index (κ3) is 11.6. The maximum atomic E-state index is 5.93. The van der Waals surface area contributed by atoms with Gasteiger partial charge < -0.3 is 14.9 Å². The van der Waals surface area contributed by atoms with Crippen molar-refractivity contribution in [1.29, 1.82) is 0 Å². The largest absolute Gasteiger partial charge is 0.494 e. The molecular formula is C26H45N3O2. The Balaban J connectivity index is 1.81. The number of ether oxygens (including phenoxy) is 1. The van der Waals surface area contributed by atoms with Crippen molar-refractivity contribution < 1.29 is 9.57 Å². The Morgan fingerprint density at radius 3 is 2.35 bits per heavy atom. The zero-order chi connectivity index (χ0) is 22.5. The molecule has 0 amide bonds. The molecule has 1 N–H and O–H groups in total. The molecule has 0 bridgehead atoms. The molecule has 1 fully saturated rings. The molecule has 176 valence electrons. The van der Waals surface area contributed by atoms with Crippen LogP contribution >= 0.6 is 0 Å². The monoisotopic (exact) mass is 431 g/mol. The molecule has 1 aromatic rings. The van der Waals surface area contributed by atoms with Crippen molar-refractivity contribution in [1.82, 2.24) is 10.2 Å². The smallest absolute Gasteiger partial charge is 0.129 e. The summed E-state index contributed by atoms with van der Waals surface area (Å²) in [5.41, 5.74) is 1.81. The van der Waals surface area contributed by atoms with E-state index >= 15 is 0 Å². The van der Waals surface area contributed by atoms with Crippen LogP contribution in [-0.2, 0) is 4.84 Å². The molecule has 0 spiro atoms. The molecule has 0 radical (unpaired) electrons. The van der Waals surface area contributed by atoms with Crippen LogP contribution < -0.4 is 10.1 Å². The van der Waals surface area contributed by atoms with E-state index in [4.69, 9.17) is 9.57 Å². The fourth-order valence-corrected chi connectivity index (χ4v) is 3.59. The summed E-state index contributed by atoms with van der Waals surface area (Å²) in [6.07, 6.45) is 7.44. The second-order valence-corrected chi connectivity index (χ2v) is 10.1. The highest BCUT2D eigenvalue weighted by Crippen LogP contribution is 2.17. The molecule has 31 heavy (non-hydrogen) atoms. The van der Waals surface area contributed by atoms with E-state index in [0.29, 0.717) is 0 Å². The van der Waals surface area contributed by atoms with Gasteiger partial charge in [0.05, 0.1) is 6.61 Å². The number of nitrogens with zero attached hydrogens (tertiary/aromatic N) is 2. The minimum Gasteiger partial charge on any atom is -0.494 e. The average Bonchev–Trinajstić information content (AvgIpc) is 2.73. The number of rotatable bonds is 13. The lowest BCUT2D eigenvalue weighted by atomic mass is 10.1. The predicted octanol–water partition coefficient (Wildman–Crippen LogP) is 5.49. The summed E-state index contributed by atoms with van der Waals surface area (Å²) in [7, 11) is 0. The maximum Gasteiger partial charge on any atom is 0.129 e. The van der Waals surface area contributed by atoms with Crippen molar-refractivity contribution in [2.24, 2.45) is 11.1 Å². The third-order valence-corrected chi connectivity index (χ3v) is 5.34. The van der Waals surface area contributed by atoms with Crippen LogP contribution in [0.2, 0.25) is 0 Å². The first-order chi connectivity index (χ1) is 14.8. The Morgan fingerprint density at radius 2 is 1.71 bits per heavy atom. The molecule has 0 unspecified atom stereocenters. The average molecular weight is 432 g/mol. The summed E-state index contributed by atoms with van der Waals surface area (Å²) >= 11 is 0. The van der Waals surface area contributed by atoms with Crippen LogP contribution in [0, 0.1) is 5.92 Å². The second kappa shape index (κ2) is 13.7. The summed E-state index contributed by atoms with van der Waals surface area (Å²) in [5, 5.41) is 8.04. The van der Waals surface area contributed by atoms with Gasteiger partial charge >= 0.3 is 0 Å². The van der Waals surface area contributed by atoms with Gasteiger partial charge in [-0.2, -0.15) is 0 Å². The van der Waals surface area contributed by atoms with Gasteiger partial charge in [0.2, 0.25) is 0 Å². The first kappa shape index (κ1) is 25.7. The van der Waals surface area contributed by atoms with Crippen LogP contribution in [-0.4, -0.2) is 55.5 Å². The van der Waals surface area contributed by atoms with Gasteiger partial charge in [-0.1, -0.05) is 25.4 Å². The van der Waals surface area contributed by atoms with E-state index in [1.165, 1.54) is 32.1 Å². The lowest BCUT2D eigenvalue weighted by Gasteiger charge is -2.27. The number of nitrogens with one attached hydrogen (secondary N) is 1. The first-order valence-electron chi connectivity index (χ1n) is 12.2. The van der Waals surface area contributed by atoms with Gasteiger partial charge in [-0.15, -0.1) is 0 Å². The van der Waals surface area contributed by atoms with Gasteiger partial charge in [0.15, 0.2) is 0 Å². The molecule has 0 aromatic heterocycles. The minimum atomic E-state index is -0.293. The van der Waals surface area contributed by atoms with Gasteiger partial charge in [0, 0.05) is 12.1 Å². The van der Waals surface area contributed by atoms with E-state index in [-0.39, 0.29) is 5.60 Å². The fraction of sp³-hybridized carbons (Fsp3) is 0.731. The van der Waals surface area contributed by atoms with Crippen LogP contribution in [0.15, 0.2) is 29.4 Å². The number of oxime groups is 1. The summed E-state index contributed by atoms with van der Waals surface area (Å²) in [4.78, 5) is 8.25. The third-order valence-electron chi connectivity index (χ3n) is 5.34. The molecule has 1 aromatic carbocycles. The molecule has 1 saturated heterocycles. The standard InChI is InChI=1S/C26H45N3O2/c1-22(2)11-9-16-27-17-10-20-30-24-14-12-23(13-15-24)25(28-31-26(3,4)5)21-29-18-7-6-8-19-29/h12-15,22,27H,6-11,16-21H2,1-5H3/b28-25+. The number of hydrogen-bond donors (Lipinski definition) is 1. The van der Waals surface area contributed by atoms with Gasteiger partial charge in [-0.3, -0.25) is 4.90 Å². The molecule has 0 saturated carbocycles. The van der Waals surface area contributed by atoms with Crippen molar-refractivity contribution in [3.8, 4) is 5.75 Å². The Hall–Kier alpha value is -1.59. The molecule has 1 aliphatic rings. The number of hydrogen-bond acceptors (Lipinski definition) is 5. The molecule has 5 nitrogen and oxygen atoms in total. The predicted molar refractivity (Wildman–Crippen MR) is 131 cm³/mol. The van der Waals surface area contributed by atoms with Gasteiger partial charge in [0.1, 0.15) is 17.1 Å². The number of benzene rings is 1. The lowest BCUT2D eigenvalue weighted by molar-refractivity contribution is 0.000366. The Bertz CT molecular complexity index is 629. The molecule has 1 aliphatic heterocycles. The van der Waals surface area contributed by atoms with Crippen LogP contribution in [0.4, 0.5) is 0 Å². The highest BCUT2D eigenvalue weighted by molar-refractivity contribution is 6.01. The zero-order valence-electron chi connectivity index (χ0n) is 20.6. The van der Waals surface area contributed by atoms with Crippen molar-refractivity contribution in [2.75, 3.05) is 39.3 Å². The van der Waals surface area contributed by atoms with E-state index < -0.39 is 0 Å². The van der Waals surface area contributed by atoms with Crippen LogP contribution in [0.25, 0.3) is 0 Å². The van der Waals surface area contributed by atoms with E-state index in [9.17, 15) is 0 Å². The summed E-state index contributed by atoms with van der Waals surface area (Å²) < 4.78 is 5.93. The second-order valence-electron chi connectivity index (χ2n) is 10.1. The number of likely N-dealkylation sites (tertiary alicyclic amines) is 1. The highest BCUT2D eigenvalue weighted by Gasteiger charge is 2.17. The fourth-order valence-electron chi connectivity index (χ4n) is 3.59. The van der Waals surface area contributed by atoms with E-state index in [1.54, 1.807) is 0 Å². The molecule has 2 rings (SSSR count). The Morgan fingerprint density at radius 1 is 1.03 bits per heavy atom. The highest BCUT2D eigenvalue weighted by atomic mass is 16.6. The van der Waals surface area contributed by atoms with E-state index in [2.05, 4.69) is 41.4 Å². The van der Waals surface area contributed by atoms with Crippen molar-refractivity contribution in [3.05, 3.63) is 29.8 Å². The van der Waals surface area contributed by atoms with Crippen molar-refractivity contribution in [3.63, 3.8) is 0 Å². The zero-order valence-corrected chi connectivity index (χ0v) is 20.6. The lowest BCUT2D eigenvalue weighted by Crippen LogP contribution is -2.35. The Labute approximate surface area is 190 Å². The number of piperidine rings is 1. The normalized spacial score (nSPS) is 16.0. The van der Waals surface area contributed by atoms with Gasteiger partial charge in [-0.05, 0) is 109 Å². The SMILES string of the molecule is CC(C)CCCNCCCOc1ccc(/C(CN2CCCCC2)=N/OC(C)(C)C)cc1. The molecule has 1 heterocycles. The molecule has 0 atom stereocenters. The topological polar surface area (TPSA) is 46.1 Å². The van der Waals surface area contributed by atoms with Gasteiger partial charge in [-0.25, -0.2) is 0 Å². The van der Waals surface area contributed by atoms with Gasteiger partial charge in [0.25, 0.3) is 0 Å². The van der Waals surface area contributed by atoms with E-state index in [1.807, 2.05) is 32.9 Å². The molecule has 0 aliphatic carbocycles. The summed E-state index contributed by atoms with van der Waals surface area (Å²) in [5.74, 6) is 1.70. The summed E-state index contributed by atoms with van der Waals surface area (Å²) in [6, 6.07) is 8.31. The van der Waals surface area contributed by atoms with Crippen molar-refractivity contribution in [2.45, 2.75) is 78.7 Å². The van der Waals surface area contributed by atoms with Crippen molar-refractivity contribution >= 4 is 5.71 Å². The maximum absolute atomic E-state index is 5.93. The van der Waals surface area contributed by atoms with Crippen LogP contribution in [0.1, 0.15) is 78.7 Å². The summed E-state index contributed by atoms with van der Waals surface area (Å²) in [6.45, 7) is 16.6. The molecular weight excluding hydrogens is 386 g/mol. The minimum absolute atomic E-state index is 0.293. The quantitative estimate of drug-likeness (QED) is 0.255. The Kier molecular flexibility index (Phi) is 11.4. The molecule has 5 heteroatoms. The van der Waals surface area contributed by atoms with E-state index in [0.717, 1.165) is 68.7 Å². The van der Waals surface area contributed by atoms with Crippen LogP contribution in [0.5, 0.6) is 5.75 Å². The van der Waals surface area contributed by atoms with Crippen LogP contribution in [0.3, 0.4) is 0 Å². The first-order valence-corrected chi connectivity index (χ1v) is 12.2.